The van der Waals surface area contributed by atoms with Crippen LogP contribution in [0.25, 0.3) is 11.1 Å². The lowest BCUT2D eigenvalue weighted by atomic mass is 9.94. The maximum atomic E-state index is 12.8. The number of aliphatic carboxylic acids is 1. The van der Waals surface area contributed by atoms with Crippen molar-refractivity contribution in [3.8, 4) is 11.1 Å². The normalized spacial score (nSPS) is 19.4. The molecule has 0 aromatic heterocycles. The number of benzene rings is 2. The number of carbonyl (C=O) groups excluding carboxylic acids is 2. The highest BCUT2D eigenvalue weighted by Gasteiger charge is 2.31. The van der Waals surface area contributed by atoms with Crippen LogP contribution >= 0.6 is 0 Å². The van der Waals surface area contributed by atoms with Crippen LogP contribution < -0.4 is 10.6 Å². The molecule has 2 amide bonds. The molecule has 2 aromatic rings. The van der Waals surface area contributed by atoms with E-state index in [-0.39, 0.29) is 36.9 Å². The van der Waals surface area contributed by atoms with Crippen molar-refractivity contribution in [3.05, 3.63) is 71.8 Å². The first-order valence-electron chi connectivity index (χ1n) is 11.7. The van der Waals surface area contributed by atoms with Crippen LogP contribution in [0.4, 0.5) is 4.79 Å². The number of carboxylic acids is 1. The van der Waals surface area contributed by atoms with Gasteiger partial charge in [0.05, 0.1) is 11.8 Å². The minimum Gasteiger partial charge on any atom is -0.481 e. The van der Waals surface area contributed by atoms with Gasteiger partial charge in [-0.2, -0.15) is 0 Å². The molecule has 0 fully saturated rings. The zero-order valence-electron chi connectivity index (χ0n) is 19.4. The van der Waals surface area contributed by atoms with E-state index in [0.29, 0.717) is 6.42 Å². The molecule has 3 atom stereocenters. The molecule has 7 nitrogen and oxygen atoms in total. The van der Waals surface area contributed by atoms with Crippen molar-refractivity contribution in [2.45, 2.75) is 32.2 Å². The number of carbonyl (C=O) groups is 3. The van der Waals surface area contributed by atoms with Gasteiger partial charge in [0.1, 0.15) is 6.61 Å². The molecule has 2 aliphatic carbocycles. The number of carboxylic acid groups (broad SMARTS) is 1. The Morgan fingerprint density at radius 1 is 1.00 bits per heavy atom. The molecule has 3 unspecified atom stereocenters. The SMILES string of the molecule is CC(C)C(CNC(=O)OCC1c2ccccc2-c2ccccc21)C(=O)NC1C=CC(C(=O)O)C1. The van der Waals surface area contributed by atoms with E-state index in [0.717, 1.165) is 22.3 Å². The Hall–Kier alpha value is -3.61. The second-order valence-electron chi connectivity index (χ2n) is 9.24. The third-order valence-electron chi connectivity index (χ3n) is 6.68. The van der Waals surface area contributed by atoms with Crippen molar-refractivity contribution in [2.24, 2.45) is 17.8 Å². The Balaban J connectivity index is 1.31. The summed E-state index contributed by atoms with van der Waals surface area (Å²) in [4.78, 5) is 36.4. The number of hydrogen-bond acceptors (Lipinski definition) is 4. The maximum Gasteiger partial charge on any atom is 0.407 e. The fraction of sp³-hybridized carbons (Fsp3) is 0.370. The molecule has 3 N–H and O–H groups in total. The zero-order chi connectivity index (χ0) is 24.2. The van der Waals surface area contributed by atoms with Crippen molar-refractivity contribution in [3.63, 3.8) is 0 Å². The lowest BCUT2D eigenvalue weighted by molar-refractivity contribution is -0.140. The van der Waals surface area contributed by atoms with E-state index in [2.05, 4.69) is 34.9 Å². The number of rotatable bonds is 8. The Bertz CT molecular complexity index is 1060. The molecule has 178 valence electrons. The molecule has 0 saturated carbocycles. The number of ether oxygens (including phenoxy) is 1. The summed E-state index contributed by atoms with van der Waals surface area (Å²) in [6.45, 7) is 4.17. The van der Waals surface area contributed by atoms with Gasteiger partial charge in [-0.25, -0.2) is 4.79 Å². The summed E-state index contributed by atoms with van der Waals surface area (Å²) in [5, 5.41) is 14.7. The summed E-state index contributed by atoms with van der Waals surface area (Å²) < 4.78 is 5.57. The average Bonchev–Trinajstić information content (AvgIpc) is 3.40. The highest BCUT2D eigenvalue weighted by molar-refractivity contribution is 5.81. The first kappa shape index (κ1) is 23.5. The van der Waals surface area contributed by atoms with Gasteiger partial charge in [0.25, 0.3) is 0 Å². The first-order chi connectivity index (χ1) is 16.3. The van der Waals surface area contributed by atoms with Crippen molar-refractivity contribution in [1.29, 1.82) is 0 Å². The Kier molecular flexibility index (Phi) is 7.01. The standard InChI is InChI=1S/C27H30N2O5/c1-16(2)23(25(30)29-18-12-11-17(13-18)26(31)32)14-28-27(33)34-15-24-21-9-5-3-7-19(21)20-8-4-6-10-22(20)24/h3-12,16-18,23-24H,13-15H2,1-2H3,(H,28,33)(H,29,30)(H,31,32). The van der Waals surface area contributed by atoms with Gasteiger partial charge < -0.3 is 20.5 Å². The molecule has 0 radical (unpaired) electrons. The summed E-state index contributed by atoms with van der Waals surface area (Å²) >= 11 is 0. The Labute approximate surface area is 199 Å². The van der Waals surface area contributed by atoms with Crippen LogP contribution in [0.5, 0.6) is 0 Å². The molecule has 34 heavy (non-hydrogen) atoms. The van der Waals surface area contributed by atoms with Gasteiger partial charge in [-0.1, -0.05) is 74.5 Å². The van der Waals surface area contributed by atoms with Crippen molar-refractivity contribution < 1.29 is 24.2 Å². The second-order valence-corrected chi connectivity index (χ2v) is 9.24. The summed E-state index contributed by atoms with van der Waals surface area (Å²) in [6, 6.07) is 16.0. The van der Waals surface area contributed by atoms with Crippen LogP contribution in [-0.4, -0.2) is 42.3 Å². The van der Waals surface area contributed by atoms with Crippen LogP contribution in [0, 0.1) is 17.8 Å². The molecule has 7 heteroatoms. The molecule has 0 saturated heterocycles. The molecule has 0 aliphatic heterocycles. The van der Waals surface area contributed by atoms with E-state index >= 15 is 0 Å². The van der Waals surface area contributed by atoms with Crippen LogP contribution in [0.1, 0.15) is 37.3 Å². The smallest absolute Gasteiger partial charge is 0.407 e. The molecular weight excluding hydrogens is 432 g/mol. The monoisotopic (exact) mass is 462 g/mol. The molecule has 0 spiro atoms. The van der Waals surface area contributed by atoms with Gasteiger partial charge in [0, 0.05) is 18.5 Å². The summed E-state index contributed by atoms with van der Waals surface area (Å²) in [5.74, 6) is -2.20. The molecule has 0 bridgehead atoms. The fourth-order valence-corrected chi connectivity index (χ4v) is 4.75. The maximum absolute atomic E-state index is 12.8. The number of alkyl carbamates (subject to hydrolysis) is 1. The Morgan fingerprint density at radius 3 is 2.18 bits per heavy atom. The molecule has 4 rings (SSSR count). The zero-order valence-corrected chi connectivity index (χ0v) is 19.4. The average molecular weight is 463 g/mol. The highest BCUT2D eigenvalue weighted by Crippen LogP contribution is 2.44. The third kappa shape index (κ3) is 4.98. The number of hydrogen-bond donors (Lipinski definition) is 3. The molecule has 2 aromatic carbocycles. The van der Waals surface area contributed by atoms with E-state index in [1.54, 1.807) is 12.2 Å². The molecule has 2 aliphatic rings. The van der Waals surface area contributed by atoms with E-state index in [1.165, 1.54) is 0 Å². The van der Waals surface area contributed by atoms with Gasteiger partial charge in [0.15, 0.2) is 0 Å². The van der Waals surface area contributed by atoms with Gasteiger partial charge in [-0.3, -0.25) is 9.59 Å². The summed E-state index contributed by atoms with van der Waals surface area (Å²) in [7, 11) is 0. The highest BCUT2D eigenvalue weighted by atomic mass is 16.5. The van der Waals surface area contributed by atoms with Gasteiger partial charge >= 0.3 is 12.1 Å². The summed E-state index contributed by atoms with van der Waals surface area (Å²) in [5.41, 5.74) is 4.60. The van der Waals surface area contributed by atoms with Gasteiger partial charge in [-0.05, 0) is 34.6 Å². The lowest BCUT2D eigenvalue weighted by Crippen LogP contribution is -2.44. The first-order valence-corrected chi connectivity index (χ1v) is 11.7. The van der Waals surface area contributed by atoms with Crippen LogP contribution in [0.2, 0.25) is 0 Å². The Morgan fingerprint density at radius 2 is 1.62 bits per heavy atom. The van der Waals surface area contributed by atoms with E-state index in [9.17, 15) is 14.4 Å². The van der Waals surface area contributed by atoms with Crippen LogP contribution in [0.3, 0.4) is 0 Å². The van der Waals surface area contributed by atoms with E-state index in [1.807, 2.05) is 38.1 Å². The second kappa shape index (κ2) is 10.1. The molecular formula is C27H30N2O5. The number of fused-ring (bicyclic) bond motifs is 3. The third-order valence-corrected chi connectivity index (χ3v) is 6.68. The van der Waals surface area contributed by atoms with Crippen molar-refractivity contribution >= 4 is 18.0 Å². The van der Waals surface area contributed by atoms with Crippen LogP contribution in [-0.2, 0) is 14.3 Å². The van der Waals surface area contributed by atoms with Gasteiger partial charge in [-0.15, -0.1) is 0 Å². The minimum atomic E-state index is -0.898. The quantitative estimate of drug-likeness (QED) is 0.516. The van der Waals surface area contributed by atoms with E-state index in [4.69, 9.17) is 9.84 Å². The van der Waals surface area contributed by atoms with Crippen LogP contribution in [0.15, 0.2) is 60.7 Å². The predicted molar refractivity (Wildman–Crippen MR) is 128 cm³/mol. The van der Waals surface area contributed by atoms with E-state index < -0.39 is 23.9 Å². The van der Waals surface area contributed by atoms with Crippen molar-refractivity contribution in [2.75, 3.05) is 13.2 Å². The fourth-order valence-electron chi connectivity index (χ4n) is 4.75. The lowest BCUT2D eigenvalue weighted by Gasteiger charge is -2.23. The number of amides is 2. The molecule has 0 heterocycles. The predicted octanol–water partition coefficient (Wildman–Crippen LogP) is 3.94. The van der Waals surface area contributed by atoms with Gasteiger partial charge in [0.2, 0.25) is 5.91 Å². The topological polar surface area (TPSA) is 105 Å². The number of nitrogens with one attached hydrogen (secondary N) is 2. The van der Waals surface area contributed by atoms with Crippen molar-refractivity contribution in [1.82, 2.24) is 10.6 Å². The summed E-state index contributed by atoms with van der Waals surface area (Å²) in [6.07, 6.45) is 3.10. The largest absolute Gasteiger partial charge is 0.481 e. The minimum absolute atomic E-state index is 0.0189.